The Morgan fingerprint density at radius 1 is 1.06 bits per heavy atom. The largest absolute Gasteiger partial charge is 0.322 e. The number of fused-ring (bicyclic) bond motifs is 1. The molecule has 4 aromatic rings. The predicted octanol–water partition coefficient (Wildman–Crippen LogP) is 4.04. The lowest BCUT2D eigenvalue weighted by Crippen LogP contribution is -2.49. The molecular weight excluding hydrogens is 460 g/mol. The molecule has 1 fully saturated rings. The number of benzene rings is 2. The van der Waals surface area contributed by atoms with Crippen LogP contribution < -0.4 is 10.9 Å². The third-order valence-corrected chi connectivity index (χ3v) is 7.27. The molecule has 0 unspecified atom stereocenters. The Kier molecular flexibility index (Phi) is 6.61. The van der Waals surface area contributed by atoms with Gasteiger partial charge in [0, 0.05) is 50.0 Å². The Morgan fingerprint density at radius 2 is 1.80 bits per heavy atom. The fourth-order valence-electron chi connectivity index (χ4n) is 4.22. The van der Waals surface area contributed by atoms with Gasteiger partial charge < -0.3 is 10.2 Å². The lowest BCUT2D eigenvalue weighted by Gasteiger charge is -2.34. The number of aryl methyl sites for hydroxylation is 2. The number of nitrogens with one attached hydrogen (secondary N) is 1. The summed E-state index contributed by atoms with van der Waals surface area (Å²) < 4.78 is 1.38. The van der Waals surface area contributed by atoms with Crippen LogP contribution in [0.1, 0.15) is 23.7 Å². The van der Waals surface area contributed by atoms with Gasteiger partial charge in [0.05, 0.1) is 5.69 Å². The number of nitrogens with zero attached hydrogens (tertiary/aromatic N) is 5. The first kappa shape index (κ1) is 23.2. The molecule has 1 saturated heterocycles. The Hall–Kier alpha value is -3.56. The number of anilines is 1. The van der Waals surface area contributed by atoms with Crippen molar-refractivity contribution in [2.24, 2.45) is 0 Å². The van der Waals surface area contributed by atoms with E-state index in [0.717, 1.165) is 47.0 Å². The number of hydrogen-bond donors (Lipinski definition) is 1. The number of carbonyl (C=O) groups excluding carboxylic acids is 1. The van der Waals surface area contributed by atoms with Crippen molar-refractivity contribution in [3.8, 4) is 10.6 Å². The molecule has 0 saturated carbocycles. The van der Waals surface area contributed by atoms with E-state index in [0.29, 0.717) is 24.6 Å². The van der Waals surface area contributed by atoms with Crippen LogP contribution in [0.4, 0.5) is 10.5 Å². The average molecular weight is 489 g/mol. The first-order valence-electron chi connectivity index (χ1n) is 11.8. The maximum Gasteiger partial charge on any atom is 0.321 e. The molecule has 1 aliphatic rings. The molecule has 35 heavy (non-hydrogen) atoms. The van der Waals surface area contributed by atoms with E-state index in [4.69, 9.17) is 4.98 Å². The highest BCUT2D eigenvalue weighted by Gasteiger charge is 2.22. The number of hydrogen-bond acceptors (Lipinski definition) is 6. The van der Waals surface area contributed by atoms with Crippen LogP contribution in [0, 0.1) is 6.92 Å². The van der Waals surface area contributed by atoms with Crippen LogP contribution in [-0.4, -0.2) is 56.6 Å². The SMILES string of the molecule is CCc1ccc(NC(=O)N2CCN(Cc3cc(=O)n4nc(-c5ccccc5C)sc4n3)CC2)cc1. The molecule has 0 radical (unpaired) electrons. The van der Waals surface area contributed by atoms with E-state index in [2.05, 4.69) is 22.2 Å². The molecule has 2 aromatic heterocycles. The summed E-state index contributed by atoms with van der Waals surface area (Å²) in [5.74, 6) is 0. The quantitative estimate of drug-likeness (QED) is 0.459. The third-order valence-electron chi connectivity index (χ3n) is 6.33. The highest BCUT2D eigenvalue weighted by Crippen LogP contribution is 2.27. The van der Waals surface area contributed by atoms with E-state index in [1.54, 1.807) is 6.07 Å². The number of carbonyl (C=O) groups is 1. The van der Waals surface area contributed by atoms with Crippen LogP contribution in [0.5, 0.6) is 0 Å². The molecule has 0 aliphatic carbocycles. The number of aromatic nitrogens is 3. The summed E-state index contributed by atoms with van der Waals surface area (Å²) in [6.45, 7) is 7.40. The molecule has 5 rings (SSSR count). The van der Waals surface area contributed by atoms with Crippen molar-refractivity contribution < 1.29 is 4.79 Å². The van der Waals surface area contributed by atoms with E-state index in [9.17, 15) is 9.59 Å². The van der Waals surface area contributed by atoms with E-state index >= 15 is 0 Å². The maximum absolute atomic E-state index is 12.7. The van der Waals surface area contributed by atoms with Gasteiger partial charge >= 0.3 is 6.03 Å². The molecule has 9 heteroatoms. The van der Waals surface area contributed by atoms with Gasteiger partial charge in [-0.3, -0.25) is 9.69 Å². The molecule has 0 atom stereocenters. The summed E-state index contributed by atoms with van der Waals surface area (Å²) in [5, 5.41) is 8.27. The van der Waals surface area contributed by atoms with Crippen molar-refractivity contribution in [1.29, 1.82) is 0 Å². The molecule has 1 aliphatic heterocycles. The summed E-state index contributed by atoms with van der Waals surface area (Å²) in [5.41, 5.74) is 4.73. The third kappa shape index (κ3) is 5.11. The Labute approximate surface area is 207 Å². The highest BCUT2D eigenvalue weighted by atomic mass is 32.1. The van der Waals surface area contributed by atoms with Gasteiger partial charge in [-0.15, -0.1) is 0 Å². The van der Waals surface area contributed by atoms with Crippen molar-refractivity contribution in [2.45, 2.75) is 26.8 Å². The van der Waals surface area contributed by atoms with Crippen molar-refractivity contribution in [2.75, 3.05) is 31.5 Å². The number of piperazine rings is 1. The minimum absolute atomic E-state index is 0.0833. The molecule has 0 spiro atoms. The predicted molar refractivity (Wildman–Crippen MR) is 139 cm³/mol. The van der Waals surface area contributed by atoms with Crippen LogP contribution in [0.2, 0.25) is 0 Å². The zero-order valence-corrected chi connectivity index (χ0v) is 20.7. The smallest absolute Gasteiger partial charge is 0.321 e. The van der Waals surface area contributed by atoms with Crippen LogP contribution in [0.25, 0.3) is 15.5 Å². The Morgan fingerprint density at radius 3 is 2.51 bits per heavy atom. The minimum Gasteiger partial charge on any atom is -0.322 e. The summed E-state index contributed by atoms with van der Waals surface area (Å²) in [4.78, 5) is 34.7. The van der Waals surface area contributed by atoms with E-state index < -0.39 is 0 Å². The standard InChI is InChI=1S/C26H28N6O2S/c1-3-19-8-10-20(11-9-19)27-25(34)31-14-12-30(13-15-31)17-21-16-23(33)32-26(28-21)35-24(29-32)22-7-5-4-6-18(22)2/h4-11,16H,3,12-15,17H2,1-2H3,(H,27,34). The van der Waals surface area contributed by atoms with E-state index in [1.165, 1.54) is 21.4 Å². The van der Waals surface area contributed by atoms with Crippen LogP contribution in [-0.2, 0) is 13.0 Å². The fraction of sp³-hybridized carbons (Fsp3) is 0.308. The Balaban J connectivity index is 1.22. The number of urea groups is 1. The molecule has 180 valence electrons. The first-order valence-corrected chi connectivity index (χ1v) is 12.6. The monoisotopic (exact) mass is 488 g/mol. The van der Waals surface area contributed by atoms with E-state index in [-0.39, 0.29) is 11.6 Å². The van der Waals surface area contributed by atoms with Gasteiger partial charge in [-0.05, 0) is 36.6 Å². The second-order valence-corrected chi connectivity index (χ2v) is 9.70. The van der Waals surface area contributed by atoms with Crippen molar-refractivity contribution in [1.82, 2.24) is 24.4 Å². The van der Waals surface area contributed by atoms with Gasteiger partial charge in [-0.1, -0.05) is 54.7 Å². The normalized spacial score (nSPS) is 14.4. The lowest BCUT2D eigenvalue weighted by molar-refractivity contribution is 0.142. The second-order valence-electron chi connectivity index (χ2n) is 8.75. The van der Waals surface area contributed by atoms with Gasteiger partial charge in [0.1, 0.15) is 5.01 Å². The average Bonchev–Trinajstić information content (AvgIpc) is 3.30. The second kappa shape index (κ2) is 9.97. The number of amides is 2. The van der Waals surface area contributed by atoms with Gasteiger partial charge in [0.2, 0.25) is 4.96 Å². The summed E-state index contributed by atoms with van der Waals surface area (Å²) in [6.07, 6.45) is 0.974. The van der Waals surface area contributed by atoms with Crippen molar-refractivity contribution in [3.63, 3.8) is 0 Å². The lowest BCUT2D eigenvalue weighted by atomic mass is 10.1. The zero-order chi connectivity index (χ0) is 24.4. The topological polar surface area (TPSA) is 82.8 Å². The highest BCUT2D eigenvalue weighted by molar-refractivity contribution is 7.19. The van der Waals surface area contributed by atoms with Crippen molar-refractivity contribution >= 4 is 28.0 Å². The molecule has 0 bridgehead atoms. The van der Waals surface area contributed by atoms with Gasteiger partial charge in [0.15, 0.2) is 0 Å². The van der Waals surface area contributed by atoms with Gasteiger partial charge in [0.25, 0.3) is 5.56 Å². The van der Waals surface area contributed by atoms with Crippen LogP contribution in [0.15, 0.2) is 59.4 Å². The Bertz CT molecular complexity index is 1400. The van der Waals surface area contributed by atoms with Gasteiger partial charge in [-0.2, -0.15) is 9.61 Å². The fourth-order valence-corrected chi connectivity index (χ4v) is 5.24. The summed E-state index contributed by atoms with van der Waals surface area (Å²) in [7, 11) is 0. The molecule has 2 aromatic carbocycles. The molecular formula is C26H28N6O2S. The maximum atomic E-state index is 12.7. The van der Waals surface area contributed by atoms with Crippen LogP contribution >= 0.6 is 11.3 Å². The molecule has 3 heterocycles. The minimum atomic E-state index is -0.173. The van der Waals surface area contributed by atoms with Crippen molar-refractivity contribution in [3.05, 3.63) is 81.8 Å². The van der Waals surface area contributed by atoms with E-state index in [1.807, 2.05) is 60.4 Å². The first-order chi connectivity index (χ1) is 17.0. The van der Waals surface area contributed by atoms with Gasteiger partial charge in [-0.25, -0.2) is 9.78 Å². The summed E-state index contributed by atoms with van der Waals surface area (Å²) in [6, 6.07) is 17.4. The molecule has 2 amide bonds. The molecule has 8 nitrogen and oxygen atoms in total. The zero-order valence-electron chi connectivity index (χ0n) is 19.9. The van der Waals surface area contributed by atoms with Crippen LogP contribution in [0.3, 0.4) is 0 Å². The summed E-state index contributed by atoms with van der Waals surface area (Å²) >= 11 is 1.42. The number of rotatable bonds is 5. The molecule has 1 N–H and O–H groups in total.